The van der Waals surface area contributed by atoms with Crippen molar-refractivity contribution in [3.05, 3.63) is 28.2 Å². The minimum Gasteiger partial charge on any atom is -0.497 e. The van der Waals surface area contributed by atoms with E-state index in [0.29, 0.717) is 6.04 Å². The Hall–Kier alpha value is -0.580. The van der Waals surface area contributed by atoms with Crippen molar-refractivity contribution in [3.63, 3.8) is 0 Å². The molecular formula is C16H23BrN2O. The van der Waals surface area contributed by atoms with Crippen LogP contribution in [-0.4, -0.2) is 38.2 Å². The SMILES string of the molecule is COc1ccc(Br)c([C@H](C2CCC2)N2CCNCC2)c1. The second kappa shape index (κ2) is 6.46. The van der Waals surface area contributed by atoms with Crippen molar-refractivity contribution in [2.75, 3.05) is 33.3 Å². The first kappa shape index (κ1) is 14.4. The Morgan fingerprint density at radius 2 is 2.05 bits per heavy atom. The standard InChI is InChI=1S/C16H23BrN2O/c1-20-13-5-6-15(17)14(11-13)16(12-3-2-4-12)19-9-7-18-8-10-19/h5-6,11-12,16,18H,2-4,7-10H2,1H3/t16-/m0/s1. The second-order valence-corrected chi connectivity index (χ2v) is 6.66. The Balaban J connectivity index is 1.91. The molecule has 20 heavy (non-hydrogen) atoms. The number of nitrogens with one attached hydrogen (secondary N) is 1. The van der Waals surface area contributed by atoms with Gasteiger partial charge in [0.2, 0.25) is 0 Å². The first-order chi connectivity index (χ1) is 9.79. The van der Waals surface area contributed by atoms with Crippen LogP contribution in [0.4, 0.5) is 0 Å². The van der Waals surface area contributed by atoms with Crippen molar-refractivity contribution < 1.29 is 4.74 Å². The van der Waals surface area contributed by atoms with Crippen molar-refractivity contribution >= 4 is 15.9 Å². The van der Waals surface area contributed by atoms with Gasteiger partial charge in [0.25, 0.3) is 0 Å². The number of hydrogen-bond acceptors (Lipinski definition) is 3. The average molecular weight is 339 g/mol. The molecule has 1 heterocycles. The zero-order valence-electron chi connectivity index (χ0n) is 12.1. The van der Waals surface area contributed by atoms with Crippen molar-refractivity contribution in [3.8, 4) is 5.75 Å². The fourth-order valence-electron chi connectivity index (χ4n) is 3.34. The maximum atomic E-state index is 5.43. The Morgan fingerprint density at radius 1 is 1.30 bits per heavy atom. The molecule has 0 bridgehead atoms. The molecule has 1 atom stereocenters. The zero-order chi connectivity index (χ0) is 13.9. The van der Waals surface area contributed by atoms with Crippen molar-refractivity contribution in [1.29, 1.82) is 0 Å². The lowest BCUT2D eigenvalue weighted by Gasteiger charge is -2.43. The molecule has 0 unspecified atom stereocenters. The first-order valence-electron chi connectivity index (χ1n) is 7.58. The Morgan fingerprint density at radius 3 is 2.65 bits per heavy atom. The molecule has 0 aromatic heterocycles. The average Bonchev–Trinajstić information content (AvgIpc) is 2.44. The minimum atomic E-state index is 0.537. The van der Waals surface area contributed by atoms with E-state index in [0.717, 1.165) is 37.8 Å². The van der Waals surface area contributed by atoms with Gasteiger partial charge in [0.1, 0.15) is 5.75 Å². The van der Waals surface area contributed by atoms with E-state index in [1.54, 1.807) is 7.11 Å². The second-order valence-electron chi connectivity index (χ2n) is 5.81. The molecule has 2 fully saturated rings. The van der Waals surface area contributed by atoms with E-state index in [1.807, 2.05) is 6.07 Å². The summed E-state index contributed by atoms with van der Waals surface area (Å²) >= 11 is 3.75. The minimum absolute atomic E-state index is 0.537. The first-order valence-corrected chi connectivity index (χ1v) is 8.37. The van der Waals surface area contributed by atoms with Crippen LogP contribution in [0.25, 0.3) is 0 Å². The maximum Gasteiger partial charge on any atom is 0.119 e. The molecule has 0 amide bonds. The van der Waals surface area contributed by atoms with Crippen LogP contribution in [0.15, 0.2) is 22.7 Å². The summed E-state index contributed by atoms with van der Waals surface area (Å²) in [6, 6.07) is 6.91. The summed E-state index contributed by atoms with van der Waals surface area (Å²) < 4.78 is 6.64. The van der Waals surface area contributed by atoms with Crippen molar-refractivity contribution in [2.45, 2.75) is 25.3 Å². The van der Waals surface area contributed by atoms with Crippen LogP contribution in [0.1, 0.15) is 30.9 Å². The zero-order valence-corrected chi connectivity index (χ0v) is 13.7. The van der Waals surface area contributed by atoms with Crippen LogP contribution in [0.5, 0.6) is 5.75 Å². The molecule has 1 aliphatic heterocycles. The predicted molar refractivity (Wildman–Crippen MR) is 85.2 cm³/mol. The van der Waals surface area contributed by atoms with E-state index in [4.69, 9.17) is 4.74 Å². The summed E-state index contributed by atoms with van der Waals surface area (Å²) in [5.74, 6) is 1.76. The van der Waals surface area contributed by atoms with Crippen LogP contribution < -0.4 is 10.1 Å². The number of ether oxygens (including phenoxy) is 1. The highest BCUT2D eigenvalue weighted by Crippen LogP contribution is 2.44. The molecule has 4 heteroatoms. The number of nitrogens with zero attached hydrogens (tertiary/aromatic N) is 1. The lowest BCUT2D eigenvalue weighted by atomic mass is 9.76. The fraction of sp³-hybridized carbons (Fsp3) is 0.625. The molecule has 1 saturated heterocycles. The highest BCUT2D eigenvalue weighted by molar-refractivity contribution is 9.10. The summed E-state index contributed by atoms with van der Waals surface area (Å²) in [5.41, 5.74) is 1.40. The summed E-state index contributed by atoms with van der Waals surface area (Å²) in [4.78, 5) is 2.65. The number of piperazine rings is 1. The molecule has 1 saturated carbocycles. The van der Waals surface area contributed by atoms with Gasteiger partial charge in [-0.1, -0.05) is 22.4 Å². The highest BCUT2D eigenvalue weighted by Gasteiger charge is 2.34. The van der Waals surface area contributed by atoms with E-state index >= 15 is 0 Å². The van der Waals surface area contributed by atoms with Crippen LogP contribution in [0, 0.1) is 5.92 Å². The number of methoxy groups -OCH3 is 1. The van der Waals surface area contributed by atoms with Gasteiger partial charge in [-0.25, -0.2) is 0 Å². The molecule has 0 spiro atoms. The molecule has 110 valence electrons. The van der Waals surface area contributed by atoms with Gasteiger partial charge in [-0.15, -0.1) is 0 Å². The van der Waals surface area contributed by atoms with Gasteiger partial charge in [-0.05, 0) is 42.5 Å². The number of rotatable bonds is 4. The molecule has 3 rings (SSSR count). The summed E-state index contributed by atoms with van der Waals surface area (Å²) in [7, 11) is 1.75. The van der Waals surface area contributed by atoms with Gasteiger partial charge in [0, 0.05) is 36.7 Å². The van der Waals surface area contributed by atoms with Crippen LogP contribution in [-0.2, 0) is 0 Å². The van der Waals surface area contributed by atoms with Gasteiger partial charge >= 0.3 is 0 Å². The quantitative estimate of drug-likeness (QED) is 0.912. The number of benzene rings is 1. The van der Waals surface area contributed by atoms with Gasteiger partial charge < -0.3 is 10.1 Å². The van der Waals surface area contributed by atoms with Gasteiger partial charge in [-0.3, -0.25) is 4.90 Å². The van der Waals surface area contributed by atoms with E-state index in [2.05, 4.69) is 38.3 Å². The molecule has 1 N–H and O–H groups in total. The third-order valence-electron chi connectivity index (χ3n) is 4.66. The fourth-order valence-corrected chi connectivity index (χ4v) is 3.82. The van der Waals surface area contributed by atoms with E-state index < -0.39 is 0 Å². The summed E-state index contributed by atoms with van der Waals surface area (Å²) in [6.45, 7) is 4.49. The van der Waals surface area contributed by atoms with Gasteiger partial charge in [0.15, 0.2) is 0 Å². The molecular weight excluding hydrogens is 316 g/mol. The van der Waals surface area contributed by atoms with E-state index in [1.165, 1.54) is 29.3 Å². The Bertz CT molecular complexity index is 456. The van der Waals surface area contributed by atoms with Crippen molar-refractivity contribution in [2.24, 2.45) is 5.92 Å². The smallest absolute Gasteiger partial charge is 0.119 e. The van der Waals surface area contributed by atoms with Gasteiger partial charge in [0.05, 0.1) is 7.11 Å². The Kier molecular flexibility index (Phi) is 4.64. The lowest BCUT2D eigenvalue weighted by Crippen LogP contribution is -2.47. The lowest BCUT2D eigenvalue weighted by molar-refractivity contribution is 0.0831. The molecule has 3 nitrogen and oxygen atoms in total. The van der Waals surface area contributed by atoms with E-state index in [-0.39, 0.29) is 0 Å². The maximum absolute atomic E-state index is 5.43. The largest absolute Gasteiger partial charge is 0.497 e. The molecule has 1 aromatic rings. The van der Waals surface area contributed by atoms with Crippen LogP contribution in [0.2, 0.25) is 0 Å². The summed E-state index contributed by atoms with van der Waals surface area (Å²) in [5, 5.41) is 3.46. The summed E-state index contributed by atoms with van der Waals surface area (Å²) in [6.07, 6.45) is 4.10. The monoisotopic (exact) mass is 338 g/mol. The molecule has 1 aromatic carbocycles. The van der Waals surface area contributed by atoms with E-state index in [9.17, 15) is 0 Å². The predicted octanol–water partition coefficient (Wildman–Crippen LogP) is 3.20. The third-order valence-corrected chi connectivity index (χ3v) is 5.39. The van der Waals surface area contributed by atoms with Crippen LogP contribution in [0.3, 0.4) is 0 Å². The van der Waals surface area contributed by atoms with Crippen molar-refractivity contribution in [1.82, 2.24) is 10.2 Å². The van der Waals surface area contributed by atoms with Crippen LogP contribution >= 0.6 is 15.9 Å². The normalized spacial score (nSPS) is 22.3. The number of halogens is 1. The topological polar surface area (TPSA) is 24.5 Å². The molecule has 0 radical (unpaired) electrons. The number of hydrogen-bond donors (Lipinski definition) is 1. The van der Waals surface area contributed by atoms with Gasteiger partial charge in [-0.2, -0.15) is 0 Å². The Labute approximate surface area is 129 Å². The highest BCUT2D eigenvalue weighted by atomic mass is 79.9. The third kappa shape index (κ3) is 2.87. The molecule has 2 aliphatic rings. The molecule has 1 aliphatic carbocycles.